The van der Waals surface area contributed by atoms with Crippen LogP contribution < -0.4 is 22.1 Å². The van der Waals surface area contributed by atoms with Gasteiger partial charge in [-0.3, -0.25) is 14.4 Å². The number of benzene rings is 1. The quantitative estimate of drug-likeness (QED) is 0.634. The van der Waals surface area contributed by atoms with Gasteiger partial charge >= 0.3 is 5.69 Å². The van der Waals surface area contributed by atoms with Crippen LogP contribution >= 0.6 is 0 Å². The van der Waals surface area contributed by atoms with E-state index in [1.165, 1.54) is 4.68 Å². The maximum atomic E-state index is 12.7. The second-order valence-corrected chi connectivity index (χ2v) is 7.12. The molecule has 9 heteroatoms. The Labute approximate surface area is 171 Å². The maximum Gasteiger partial charge on any atom is 0.333 e. The summed E-state index contributed by atoms with van der Waals surface area (Å²) in [6.45, 7) is 0.308. The molecule has 2 aromatic heterocycles. The second-order valence-electron chi connectivity index (χ2n) is 7.12. The molecule has 30 heavy (non-hydrogen) atoms. The van der Waals surface area contributed by atoms with E-state index in [1.807, 2.05) is 0 Å². The molecular weight excluding hydrogens is 386 g/mol. The molecule has 0 saturated heterocycles. The van der Waals surface area contributed by atoms with E-state index in [0.717, 1.165) is 47.7 Å². The molecule has 0 unspecified atom stereocenters. The lowest BCUT2D eigenvalue weighted by molar-refractivity contribution is 0.0949. The lowest BCUT2D eigenvalue weighted by Crippen LogP contribution is -2.40. The normalized spacial score (nSPS) is 12.9. The van der Waals surface area contributed by atoms with Crippen LogP contribution in [0.2, 0.25) is 0 Å². The predicted molar refractivity (Wildman–Crippen MR) is 110 cm³/mol. The van der Waals surface area contributed by atoms with Crippen molar-refractivity contribution in [2.24, 2.45) is 0 Å². The van der Waals surface area contributed by atoms with Gasteiger partial charge in [-0.2, -0.15) is 5.10 Å². The summed E-state index contributed by atoms with van der Waals surface area (Å²) in [6, 6.07) is 9.97. The fourth-order valence-corrected chi connectivity index (χ4v) is 3.58. The van der Waals surface area contributed by atoms with Gasteiger partial charge in [0.2, 0.25) is 0 Å². The molecule has 0 spiro atoms. The van der Waals surface area contributed by atoms with E-state index < -0.39 is 17.2 Å². The summed E-state index contributed by atoms with van der Waals surface area (Å²) < 4.78 is 2.24. The van der Waals surface area contributed by atoms with Crippen LogP contribution in [0.4, 0.5) is 0 Å². The molecule has 3 aromatic rings. The summed E-state index contributed by atoms with van der Waals surface area (Å²) in [4.78, 5) is 52.0. The van der Waals surface area contributed by atoms with Crippen LogP contribution in [0.15, 0.2) is 57.0 Å². The first-order valence-electron chi connectivity index (χ1n) is 9.83. The van der Waals surface area contributed by atoms with Crippen LogP contribution in [0.3, 0.4) is 0 Å². The van der Waals surface area contributed by atoms with E-state index in [4.69, 9.17) is 0 Å². The molecule has 1 aliphatic rings. The van der Waals surface area contributed by atoms with Gasteiger partial charge in [0.15, 0.2) is 0 Å². The molecule has 1 aromatic carbocycles. The highest BCUT2D eigenvalue weighted by molar-refractivity contribution is 5.93. The number of hydrogen-bond acceptors (Lipinski definition) is 5. The van der Waals surface area contributed by atoms with Crippen molar-refractivity contribution in [2.75, 3.05) is 6.54 Å². The number of para-hydroxylation sites is 1. The minimum atomic E-state index is -0.716. The number of fused-ring (bicyclic) bond motifs is 1. The molecule has 154 valence electrons. The van der Waals surface area contributed by atoms with Crippen LogP contribution in [-0.2, 0) is 19.4 Å². The van der Waals surface area contributed by atoms with Gasteiger partial charge in [0.25, 0.3) is 17.0 Å². The van der Waals surface area contributed by atoms with Crippen LogP contribution in [-0.4, -0.2) is 31.8 Å². The second kappa shape index (κ2) is 8.32. The number of nitrogens with zero attached hydrogens (tertiary/aromatic N) is 3. The number of aromatic amines is 1. The number of aryl methyl sites for hydroxylation is 2. The summed E-state index contributed by atoms with van der Waals surface area (Å²) in [5, 5.41) is 7.02. The smallest absolute Gasteiger partial charge is 0.333 e. The Kier molecular flexibility index (Phi) is 5.42. The Morgan fingerprint density at radius 3 is 2.67 bits per heavy atom. The van der Waals surface area contributed by atoms with Crippen molar-refractivity contribution in [2.45, 2.75) is 32.2 Å². The Bertz CT molecular complexity index is 1260. The van der Waals surface area contributed by atoms with E-state index in [9.17, 15) is 19.2 Å². The highest BCUT2D eigenvalue weighted by Gasteiger charge is 2.16. The van der Waals surface area contributed by atoms with Gasteiger partial charge in [-0.1, -0.05) is 18.2 Å². The molecular formula is C21H21N5O4. The Morgan fingerprint density at radius 1 is 1.10 bits per heavy atom. The van der Waals surface area contributed by atoms with Gasteiger partial charge in [0, 0.05) is 18.8 Å². The molecule has 1 amide bonds. The minimum absolute atomic E-state index is 0.119. The number of H-pyrrole nitrogens is 1. The summed E-state index contributed by atoms with van der Waals surface area (Å²) >= 11 is 0. The topological polar surface area (TPSA) is 119 Å². The molecule has 0 bridgehead atoms. The highest BCUT2D eigenvalue weighted by Crippen LogP contribution is 2.16. The van der Waals surface area contributed by atoms with Gasteiger partial charge in [0.1, 0.15) is 5.56 Å². The van der Waals surface area contributed by atoms with Crippen molar-refractivity contribution in [3.63, 3.8) is 0 Å². The number of hydrogen-bond donors (Lipinski definition) is 2. The van der Waals surface area contributed by atoms with Gasteiger partial charge in [-0.25, -0.2) is 14.0 Å². The molecule has 0 radical (unpaired) electrons. The molecule has 2 N–H and O–H groups in total. The molecule has 2 heterocycles. The van der Waals surface area contributed by atoms with Gasteiger partial charge in [-0.15, -0.1) is 0 Å². The van der Waals surface area contributed by atoms with Crippen LogP contribution in [0.5, 0.6) is 0 Å². The third kappa shape index (κ3) is 3.86. The molecule has 0 atom stereocenters. The Balaban J connectivity index is 1.50. The zero-order valence-electron chi connectivity index (χ0n) is 16.3. The van der Waals surface area contributed by atoms with Crippen LogP contribution in [0.1, 0.15) is 34.5 Å². The van der Waals surface area contributed by atoms with Crippen molar-refractivity contribution >= 4 is 5.91 Å². The Hall–Kier alpha value is -3.75. The number of amides is 1. The highest BCUT2D eigenvalue weighted by atomic mass is 16.2. The standard InChI is InChI=1S/C21H21N5O4/c27-18-12-14-6-4-5-9-17(14)24-25(18)11-10-22-19(28)16-13-23-21(30)26(20(16)29)15-7-2-1-3-8-15/h1-3,7-8,12-13H,4-6,9-11H2,(H,22,28)(H,23,30). The average molecular weight is 407 g/mol. The fourth-order valence-electron chi connectivity index (χ4n) is 3.58. The van der Waals surface area contributed by atoms with Crippen molar-refractivity contribution in [1.82, 2.24) is 24.6 Å². The van der Waals surface area contributed by atoms with Crippen molar-refractivity contribution in [1.29, 1.82) is 0 Å². The lowest BCUT2D eigenvalue weighted by Gasteiger charge is -2.16. The van der Waals surface area contributed by atoms with Crippen molar-refractivity contribution in [3.05, 3.63) is 90.6 Å². The number of aromatic nitrogens is 4. The molecule has 0 fully saturated rings. The van der Waals surface area contributed by atoms with Crippen molar-refractivity contribution in [3.8, 4) is 5.69 Å². The Morgan fingerprint density at radius 2 is 1.87 bits per heavy atom. The third-order valence-corrected chi connectivity index (χ3v) is 5.12. The monoisotopic (exact) mass is 407 g/mol. The zero-order valence-corrected chi connectivity index (χ0v) is 16.3. The number of rotatable bonds is 5. The van der Waals surface area contributed by atoms with Crippen LogP contribution in [0, 0.1) is 0 Å². The van der Waals surface area contributed by atoms with Gasteiger partial charge in [0.05, 0.1) is 17.9 Å². The van der Waals surface area contributed by atoms with Gasteiger partial charge in [-0.05, 0) is 43.4 Å². The number of carbonyl (C=O) groups excluding carboxylic acids is 1. The van der Waals surface area contributed by atoms with E-state index in [0.29, 0.717) is 5.69 Å². The van der Waals surface area contributed by atoms with E-state index >= 15 is 0 Å². The minimum Gasteiger partial charge on any atom is -0.350 e. The first-order valence-corrected chi connectivity index (χ1v) is 9.83. The lowest BCUT2D eigenvalue weighted by atomic mass is 9.97. The molecule has 0 saturated carbocycles. The molecule has 9 nitrogen and oxygen atoms in total. The summed E-state index contributed by atoms with van der Waals surface area (Å²) in [7, 11) is 0. The first-order chi connectivity index (χ1) is 14.5. The van der Waals surface area contributed by atoms with Crippen LogP contribution in [0.25, 0.3) is 5.69 Å². The zero-order chi connectivity index (χ0) is 21.1. The first kappa shape index (κ1) is 19.6. The number of carbonyl (C=O) groups is 1. The largest absolute Gasteiger partial charge is 0.350 e. The predicted octanol–water partition coefficient (Wildman–Crippen LogP) is 0.391. The van der Waals surface area contributed by atoms with Crippen molar-refractivity contribution < 1.29 is 4.79 Å². The fraction of sp³-hybridized carbons (Fsp3) is 0.286. The molecule has 4 rings (SSSR count). The van der Waals surface area contributed by atoms with Gasteiger partial charge < -0.3 is 10.3 Å². The summed E-state index contributed by atoms with van der Waals surface area (Å²) in [5.41, 5.74) is 0.548. The number of nitrogens with one attached hydrogen (secondary N) is 2. The SMILES string of the molecule is O=C(NCCn1nc2c(cc1=O)CCCC2)c1c[nH]c(=O)n(-c2ccccc2)c1=O. The third-order valence-electron chi connectivity index (χ3n) is 5.12. The van der Waals surface area contributed by atoms with E-state index in [2.05, 4.69) is 15.4 Å². The summed E-state index contributed by atoms with van der Waals surface area (Å²) in [6.07, 6.45) is 4.93. The average Bonchev–Trinajstić information content (AvgIpc) is 2.75. The summed E-state index contributed by atoms with van der Waals surface area (Å²) in [5.74, 6) is -0.632. The molecule has 0 aliphatic heterocycles. The molecule has 1 aliphatic carbocycles. The van der Waals surface area contributed by atoms with E-state index in [1.54, 1.807) is 36.4 Å². The maximum absolute atomic E-state index is 12.7. The van der Waals surface area contributed by atoms with E-state index in [-0.39, 0.29) is 24.2 Å².